The van der Waals surface area contributed by atoms with Crippen molar-refractivity contribution in [1.29, 1.82) is 0 Å². The van der Waals surface area contributed by atoms with Gasteiger partial charge in [-0.1, -0.05) is 56.8 Å². The highest BCUT2D eigenvalue weighted by molar-refractivity contribution is 6.10. The molecular weight excluding hydrogens is 360 g/mol. The molecule has 0 bridgehead atoms. The fourth-order valence-corrected chi connectivity index (χ4v) is 3.51. The Balaban J connectivity index is 1.66. The number of likely N-dealkylation sites (N-methyl/N-ethyl adjacent to an activating group) is 1. The first-order valence-corrected chi connectivity index (χ1v) is 9.96. The number of anilines is 1. The van der Waals surface area contributed by atoms with E-state index in [9.17, 15) is 4.79 Å². The van der Waals surface area contributed by atoms with E-state index in [0.717, 1.165) is 29.2 Å². The van der Waals surface area contributed by atoms with Crippen LogP contribution in [0.4, 0.5) is 11.4 Å². The molecule has 0 unspecified atom stereocenters. The smallest absolute Gasteiger partial charge is 0.330 e. The van der Waals surface area contributed by atoms with Crippen LogP contribution in [0, 0.1) is 0 Å². The zero-order valence-corrected chi connectivity index (χ0v) is 17.4. The maximum Gasteiger partial charge on any atom is 0.330 e. The van der Waals surface area contributed by atoms with Crippen LogP contribution in [0.1, 0.15) is 31.9 Å². The fourth-order valence-electron chi connectivity index (χ4n) is 3.51. The summed E-state index contributed by atoms with van der Waals surface area (Å²) in [7, 11) is 0. The average Bonchev–Trinajstić information content (AvgIpc) is 3.00. The highest BCUT2D eigenvalue weighted by atomic mass is 16.5. The van der Waals surface area contributed by atoms with Gasteiger partial charge in [-0.2, -0.15) is 0 Å². The van der Waals surface area contributed by atoms with Crippen molar-refractivity contribution in [2.24, 2.45) is 4.99 Å². The van der Waals surface area contributed by atoms with Crippen LogP contribution in [0.25, 0.3) is 6.08 Å². The number of hydrogen-bond acceptors (Lipinski definition) is 4. The second-order valence-corrected chi connectivity index (χ2v) is 7.52. The number of ether oxygens (including phenoxy) is 1. The van der Waals surface area contributed by atoms with Crippen LogP contribution in [0.2, 0.25) is 0 Å². The Labute approximate surface area is 173 Å². The minimum absolute atomic E-state index is 0.0884. The van der Waals surface area contributed by atoms with Crippen LogP contribution in [-0.4, -0.2) is 31.4 Å². The van der Waals surface area contributed by atoms with Gasteiger partial charge in [-0.3, -0.25) is 4.99 Å². The molecule has 0 spiro atoms. The van der Waals surface area contributed by atoms with Crippen molar-refractivity contribution in [2.75, 3.05) is 24.6 Å². The molecular formula is C25H28N2O2. The lowest BCUT2D eigenvalue weighted by molar-refractivity contribution is -0.137. The molecule has 4 nitrogen and oxygen atoms in total. The van der Waals surface area contributed by atoms with Crippen molar-refractivity contribution in [3.05, 3.63) is 78.4 Å². The van der Waals surface area contributed by atoms with Crippen LogP contribution in [-0.2, 0) is 14.9 Å². The Kier molecular flexibility index (Phi) is 6.32. The number of esters is 1. The van der Waals surface area contributed by atoms with Gasteiger partial charge in [0, 0.05) is 23.7 Å². The second-order valence-electron chi connectivity index (χ2n) is 7.52. The number of fused-ring (bicyclic) bond motifs is 1. The number of hydrogen-bond donors (Lipinski definition) is 0. The largest absolute Gasteiger partial charge is 0.461 e. The first-order chi connectivity index (χ1) is 14.0. The molecule has 1 aliphatic rings. The van der Waals surface area contributed by atoms with E-state index in [1.54, 1.807) is 0 Å². The third-order valence-corrected chi connectivity index (χ3v) is 5.30. The van der Waals surface area contributed by atoms with Crippen molar-refractivity contribution in [3.63, 3.8) is 0 Å². The number of nitrogens with zero attached hydrogens (tertiary/aromatic N) is 2. The van der Waals surface area contributed by atoms with Crippen molar-refractivity contribution in [1.82, 2.24) is 0 Å². The Morgan fingerprint density at radius 2 is 1.86 bits per heavy atom. The number of aliphatic imine (C=N–C) groups is 1. The summed E-state index contributed by atoms with van der Waals surface area (Å²) in [5.41, 5.74) is 5.54. The number of para-hydroxylation sites is 1. The molecule has 0 saturated heterocycles. The maximum absolute atomic E-state index is 11.2. The normalized spacial score (nSPS) is 14.4. The monoisotopic (exact) mass is 388 g/mol. The van der Waals surface area contributed by atoms with E-state index in [-0.39, 0.29) is 11.4 Å². The standard InChI is InChI=1S/C25H28N2O2/c1-5-24(28)29-18-17-27(6-2)20-14-11-19(12-15-20)13-16-23-25(3,4)21-9-7-8-10-22(21)26-23/h5,7-16H,1,6,17-18H2,2-4H3/b16-13+. The Morgan fingerprint density at radius 1 is 1.14 bits per heavy atom. The molecule has 0 atom stereocenters. The first-order valence-electron chi connectivity index (χ1n) is 9.96. The molecule has 0 radical (unpaired) electrons. The van der Waals surface area contributed by atoms with E-state index in [0.29, 0.717) is 13.2 Å². The van der Waals surface area contributed by atoms with Crippen LogP contribution in [0.3, 0.4) is 0 Å². The predicted octanol–water partition coefficient (Wildman–Crippen LogP) is 5.32. The van der Waals surface area contributed by atoms with Crippen LogP contribution in [0.15, 0.2) is 72.3 Å². The molecule has 2 aromatic carbocycles. The summed E-state index contributed by atoms with van der Waals surface area (Å²) < 4.78 is 5.09. The molecule has 3 rings (SSSR count). The van der Waals surface area contributed by atoms with E-state index in [1.165, 1.54) is 11.6 Å². The molecule has 0 amide bonds. The third-order valence-electron chi connectivity index (χ3n) is 5.30. The van der Waals surface area contributed by atoms with E-state index in [1.807, 2.05) is 6.07 Å². The molecule has 0 saturated carbocycles. The quantitative estimate of drug-likeness (QED) is 0.454. The Hall–Kier alpha value is -3.14. The summed E-state index contributed by atoms with van der Waals surface area (Å²) in [4.78, 5) is 18.2. The zero-order chi connectivity index (χ0) is 20.9. The van der Waals surface area contributed by atoms with E-state index >= 15 is 0 Å². The minimum Gasteiger partial charge on any atom is -0.461 e. The lowest BCUT2D eigenvalue weighted by atomic mass is 9.81. The van der Waals surface area contributed by atoms with Gasteiger partial charge in [0.1, 0.15) is 6.61 Å². The molecule has 1 aliphatic heterocycles. The molecule has 0 aromatic heterocycles. The Morgan fingerprint density at radius 3 is 2.52 bits per heavy atom. The van der Waals surface area contributed by atoms with Crippen LogP contribution in [0.5, 0.6) is 0 Å². The van der Waals surface area contributed by atoms with Crippen LogP contribution >= 0.6 is 0 Å². The molecule has 29 heavy (non-hydrogen) atoms. The van der Waals surface area contributed by atoms with E-state index < -0.39 is 0 Å². The van der Waals surface area contributed by atoms with Gasteiger partial charge < -0.3 is 9.64 Å². The predicted molar refractivity (Wildman–Crippen MR) is 121 cm³/mol. The van der Waals surface area contributed by atoms with Gasteiger partial charge in [-0.15, -0.1) is 0 Å². The maximum atomic E-state index is 11.2. The number of carbonyl (C=O) groups excluding carboxylic acids is 1. The van der Waals surface area contributed by atoms with Crippen molar-refractivity contribution in [3.8, 4) is 0 Å². The Bertz CT molecular complexity index is 940. The molecule has 0 fully saturated rings. The summed E-state index contributed by atoms with van der Waals surface area (Å²) in [5, 5.41) is 0. The van der Waals surface area contributed by atoms with Gasteiger partial charge >= 0.3 is 5.97 Å². The number of carbonyl (C=O) groups is 1. The molecule has 1 heterocycles. The fraction of sp³-hybridized carbons (Fsp3) is 0.280. The summed E-state index contributed by atoms with van der Waals surface area (Å²) >= 11 is 0. The van der Waals surface area contributed by atoms with Gasteiger partial charge in [0.2, 0.25) is 0 Å². The van der Waals surface area contributed by atoms with Gasteiger partial charge in [0.15, 0.2) is 0 Å². The summed E-state index contributed by atoms with van der Waals surface area (Å²) in [6.45, 7) is 11.7. The molecule has 150 valence electrons. The van der Waals surface area contributed by atoms with E-state index in [4.69, 9.17) is 9.73 Å². The molecule has 0 aliphatic carbocycles. The molecule has 0 N–H and O–H groups in total. The number of rotatable bonds is 8. The summed E-state index contributed by atoms with van der Waals surface area (Å²) in [6, 6.07) is 16.7. The highest BCUT2D eigenvalue weighted by Crippen LogP contribution is 2.40. The van der Waals surface area contributed by atoms with Gasteiger partial charge in [-0.25, -0.2) is 4.79 Å². The first kappa shape index (κ1) is 20.6. The average molecular weight is 389 g/mol. The third kappa shape index (κ3) is 4.65. The van der Waals surface area contributed by atoms with Crippen molar-refractivity contribution < 1.29 is 9.53 Å². The zero-order valence-electron chi connectivity index (χ0n) is 17.4. The van der Waals surface area contributed by atoms with Crippen molar-refractivity contribution in [2.45, 2.75) is 26.2 Å². The number of benzene rings is 2. The highest BCUT2D eigenvalue weighted by Gasteiger charge is 2.32. The molecule has 4 heteroatoms. The van der Waals surface area contributed by atoms with Gasteiger partial charge in [0.25, 0.3) is 0 Å². The SMILES string of the molecule is C=CC(=O)OCCN(CC)c1ccc(/C=C/C2=Nc3ccccc3C2(C)C)cc1. The minimum atomic E-state index is -0.388. The van der Waals surface area contributed by atoms with Gasteiger partial charge in [0.05, 0.1) is 17.9 Å². The lowest BCUT2D eigenvalue weighted by Gasteiger charge is -2.23. The molecule has 2 aromatic rings. The van der Waals surface area contributed by atoms with Crippen molar-refractivity contribution >= 4 is 29.1 Å². The summed E-state index contributed by atoms with van der Waals surface area (Å²) in [5.74, 6) is -0.388. The number of allylic oxidation sites excluding steroid dienone is 1. The topological polar surface area (TPSA) is 41.9 Å². The van der Waals surface area contributed by atoms with Crippen LogP contribution < -0.4 is 4.90 Å². The van der Waals surface area contributed by atoms with E-state index in [2.05, 4.69) is 86.9 Å². The second kappa shape index (κ2) is 8.91. The summed E-state index contributed by atoms with van der Waals surface area (Å²) in [6.07, 6.45) is 5.41. The lowest BCUT2D eigenvalue weighted by Crippen LogP contribution is -2.27. The van der Waals surface area contributed by atoms with Gasteiger partial charge in [-0.05, 0) is 42.3 Å².